The van der Waals surface area contributed by atoms with E-state index in [2.05, 4.69) is 13.8 Å². The van der Waals surface area contributed by atoms with Crippen molar-refractivity contribution in [2.45, 2.75) is 39.7 Å². The maximum Gasteiger partial charge on any atom is 0.138 e. The first-order valence-electron chi connectivity index (χ1n) is 4.74. The summed E-state index contributed by atoms with van der Waals surface area (Å²) < 4.78 is 5.35. The van der Waals surface area contributed by atoms with Gasteiger partial charge in [-0.1, -0.05) is 13.8 Å². The third-order valence-corrected chi connectivity index (χ3v) is 2.26. The molecule has 0 radical (unpaired) electrons. The van der Waals surface area contributed by atoms with Gasteiger partial charge in [0.05, 0.1) is 12.7 Å². The second kappa shape index (κ2) is 4.04. The van der Waals surface area contributed by atoms with Crippen molar-refractivity contribution in [3.63, 3.8) is 0 Å². The van der Waals surface area contributed by atoms with E-state index in [-0.39, 0.29) is 12.0 Å². The predicted molar refractivity (Wildman–Crippen MR) is 48.0 cm³/mol. The highest BCUT2D eigenvalue weighted by Gasteiger charge is 2.27. The van der Waals surface area contributed by atoms with E-state index in [0.29, 0.717) is 24.7 Å². The van der Waals surface area contributed by atoms with E-state index in [1.807, 2.05) is 6.92 Å². The Balaban J connectivity index is 2.33. The molecule has 0 bridgehead atoms. The molecule has 1 heterocycles. The molecular weight excluding hydrogens is 152 g/mol. The highest BCUT2D eigenvalue weighted by Crippen LogP contribution is 2.22. The number of Topliss-reactive ketones (excluding diaryl/α,β-unsaturated/α-hetero) is 1. The van der Waals surface area contributed by atoms with Gasteiger partial charge in [0.1, 0.15) is 5.78 Å². The summed E-state index contributed by atoms with van der Waals surface area (Å²) in [5.41, 5.74) is 0. The number of ether oxygens (including phenoxy) is 1. The van der Waals surface area contributed by atoms with E-state index in [9.17, 15) is 4.79 Å². The van der Waals surface area contributed by atoms with Gasteiger partial charge >= 0.3 is 0 Å². The maximum absolute atomic E-state index is 11.5. The minimum atomic E-state index is 0.183. The Kier molecular flexibility index (Phi) is 3.27. The zero-order valence-corrected chi connectivity index (χ0v) is 8.17. The number of hydrogen-bond acceptors (Lipinski definition) is 2. The van der Waals surface area contributed by atoms with Gasteiger partial charge < -0.3 is 4.74 Å². The summed E-state index contributed by atoms with van der Waals surface area (Å²) in [6, 6.07) is 0. The van der Waals surface area contributed by atoms with Gasteiger partial charge in [-0.05, 0) is 19.3 Å². The van der Waals surface area contributed by atoms with Crippen LogP contribution in [0.4, 0.5) is 0 Å². The lowest BCUT2D eigenvalue weighted by molar-refractivity contribution is -0.123. The third-order valence-electron chi connectivity index (χ3n) is 2.26. The van der Waals surface area contributed by atoms with Crippen molar-refractivity contribution >= 4 is 5.78 Å². The Labute approximate surface area is 74.3 Å². The van der Waals surface area contributed by atoms with E-state index in [1.54, 1.807) is 0 Å². The molecule has 0 N–H and O–H groups in total. The fourth-order valence-electron chi connectivity index (χ4n) is 1.61. The lowest BCUT2D eigenvalue weighted by Gasteiger charge is -2.08. The molecule has 1 fully saturated rings. The molecule has 1 saturated heterocycles. The summed E-state index contributed by atoms with van der Waals surface area (Å²) >= 11 is 0. The molecular formula is C10H18O2. The van der Waals surface area contributed by atoms with Crippen molar-refractivity contribution in [1.29, 1.82) is 0 Å². The van der Waals surface area contributed by atoms with Crippen molar-refractivity contribution in [3.8, 4) is 0 Å². The minimum absolute atomic E-state index is 0.183. The second-order valence-electron chi connectivity index (χ2n) is 4.14. The summed E-state index contributed by atoms with van der Waals surface area (Å²) in [7, 11) is 0. The number of carbonyl (C=O) groups excluding carboxylic acids is 1. The first-order chi connectivity index (χ1) is 5.59. The van der Waals surface area contributed by atoms with Gasteiger partial charge in [-0.2, -0.15) is 0 Å². The van der Waals surface area contributed by atoms with Gasteiger partial charge in [0.15, 0.2) is 0 Å². The molecule has 1 rings (SSSR count). The van der Waals surface area contributed by atoms with Crippen molar-refractivity contribution in [2.75, 3.05) is 6.61 Å². The molecule has 2 unspecified atom stereocenters. The van der Waals surface area contributed by atoms with Crippen LogP contribution in [0.1, 0.15) is 33.6 Å². The summed E-state index contributed by atoms with van der Waals surface area (Å²) in [6.07, 6.45) is 1.91. The van der Waals surface area contributed by atoms with Crippen LogP contribution in [0.3, 0.4) is 0 Å². The average molecular weight is 170 g/mol. The van der Waals surface area contributed by atoms with Crippen molar-refractivity contribution in [2.24, 2.45) is 11.8 Å². The summed E-state index contributed by atoms with van der Waals surface area (Å²) in [6.45, 7) is 6.84. The third kappa shape index (κ3) is 2.59. The summed E-state index contributed by atoms with van der Waals surface area (Å²) in [5, 5.41) is 0. The molecule has 0 amide bonds. The molecule has 12 heavy (non-hydrogen) atoms. The van der Waals surface area contributed by atoms with Crippen LogP contribution in [0.25, 0.3) is 0 Å². The number of ketones is 1. The van der Waals surface area contributed by atoms with Crippen LogP contribution in [-0.4, -0.2) is 18.5 Å². The highest BCUT2D eigenvalue weighted by molar-refractivity contribution is 5.81. The first kappa shape index (κ1) is 9.72. The zero-order valence-electron chi connectivity index (χ0n) is 8.17. The predicted octanol–water partition coefficient (Wildman–Crippen LogP) is 2.03. The van der Waals surface area contributed by atoms with Gasteiger partial charge in [0.2, 0.25) is 0 Å². The molecule has 2 atom stereocenters. The van der Waals surface area contributed by atoms with Gasteiger partial charge in [0, 0.05) is 12.3 Å². The molecule has 70 valence electrons. The summed E-state index contributed by atoms with van der Waals surface area (Å²) in [4.78, 5) is 11.5. The first-order valence-corrected chi connectivity index (χ1v) is 4.74. The van der Waals surface area contributed by atoms with Crippen LogP contribution >= 0.6 is 0 Å². The maximum atomic E-state index is 11.5. The van der Waals surface area contributed by atoms with E-state index in [0.717, 1.165) is 6.42 Å². The topological polar surface area (TPSA) is 26.3 Å². The average Bonchev–Trinajstić information content (AvgIpc) is 2.34. The molecule has 0 spiro atoms. The minimum Gasteiger partial charge on any atom is -0.378 e. The van der Waals surface area contributed by atoms with Gasteiger partial charge in [-0.25, -0.2) is 0 Å². The lowest BCUT2D eigenvalue weighted by Crippen LogP contribution is -2.16. The molecule has 1 aliphatic heterocycles. The fourth-order valence-corrected chi connectivity index (χ4v) is 1.61. The number of rotatable bonds is 3. The Morgan fingerprint density at radius 1 is 1.58 bits per heavy atom. The Morgan fingerprint density at radius 2 is 2.25 bits per heavy atom. The standard InChI is InChI=1S/C10H18O2/c1-7(2)4-10(11)9-5-8(3)12-6-9/h7-9H,4-6H2,1-3H3. The molecule has 0 aromatic heterocycles. The molecule has 0 aromatic carbocycles. The van der Waals surface area contributed by atoms with Crippen molar-refractivity contribution < 1.29 is 9.53 Å². The number of hydrogen-bond donors (Lipinski definition) is 0. The van der Waals surface area contributed by atoms with Crippen molar-refractivity contribution in [1.82, 2.24) is 0 Å². The molecule has 2 nitrogen and oxygen atoms in total. The number of carbonyl (C=O) groups is 1. The fraction of sp³-hybridized carbons (Fsp3) is 0.900. The molecule has 0 aromatic rings. The highest BCUT2D eigenvalue weighted by atomic mass is 16.5. The normalized spacial score (nSPS) is 29.7. The molecule has 1 aliphatic rings. The van der Waals surface area contributed by atoms with Gasteiger partial charge in [-0.3, -0.25) is 4.79 Å². The second-order valence-corrected chi connectivity index (χ2v) is 4.14. The van der Waals surface area contributed by atoms with Crippen LogP contribution in [0, 0.1) is 11.8 Å². The van der Waals surface area contributed by atoms with E-state index < -0.39 is 0 Å². The Hall–Kier alpha value is -0.370. The van der Waals surface area contributed by atoms with Crippen LogP contribution in [0.5, 0.6) is 0 Å². The van der Waals surface area contributed by atoms with Crippen molar-refractivity contribution in [3.05, 3.63) is 0 Å². The van der Waals surface area contributed by atoms with E-state index >= 15 is 0 Å². The Morgan fingerprint density at radius 3 is 2.67 bits per heavy atom. The Bertz CT molecular complexity index is 163. The van der Waals surface area contributed by atoms with Crippen LogP contribution in [0.15, 0.2) is 0 Å². The lowest BCUT2D eigenvalue weighted by atomic mass is 9.94. The largest absolute Gasteiger partial charge is 0.378 e. The van der Waals surface area contributed by atoms with Gasteiger partial charge in [0.25, 0.3) is 0 Å². The molecule has 0 aliphatic carbocycles. The van der Waals surface area contributed by atoms with Crippen LogP contribution < -0.4 is 0 Å². The van der Waals surface area contributed by atoms with E-state index in [4.69, 9.17) is 4.74 Å². The molecule has 2 heteroatoms. The summed E-state index contributed by atoms with van der Waals surface area (Å²) in [5.74, 6) is 1.05. The quantitative estimate of drug-likeness (QED) is 0.647. The van der Waals surface area contributed by atoms with Gasteiger partial charge in [-0.15, -0.1) is 0 Å². The monoisotopic (exact) mass is 170 g/mol. The van der Waals surface area contributed by atoms with Crippen LogP contribution in [0.2, 0.25) is 0 Å². The SMILES string of the molecule is CC(C)CC(=O)C1COC(C)C1. The molecule has 0 saturated carbocycles. The smallest absolute Gasteiger partial charge is 0.138 e. The van der Waals surface area contributed by atoms with Crippen LogP contribution in [-0.2, 0) is 9.53 Å². The zero-order chi connectivity index (χ0) is 9.14. The van der Waals surface area contributed by atoms with E-state index in [1.165, 1.54) is 0 Å².